The molecule has 0 aromatic carbocycles. The van der Waals surface area contributed by atoms with Crippen LogP contribution >= 0.6 is 11.6 Å². The smallest absolute Gasteiger partial charge is 0.272 e. The summed E-state index contributed by atoms with van der Waals surface area (Å²) in [5.74, 6) is -0.313. The molecule has 0 aliphatic carbocycles. The van der Waals surface area contributed by atoms with E-state index in [0.29, 0.717) is 5.02 Å². The predicted molar refractivity (Wildman–Crippen MR) is 57.2 cm³/mol. The number of carbonyl (C=O) groups is 1. The van der Waals surface area contributed by atoms with Gasteiger partial charge in [0.1, 0.15) is 5.69 Å². The van der Waals surface area contributed by atoms with Crippen LogP contribution < -0.4 is 0 Å². The highest BCUT2D eigenvalue weighted by Gasteiger charge is 2.33. The molecule has 86 valence electrons. The number of aliphatic hydroxyl groups is 2. The SMILES string of the molecule is O=C(c1ccc(Cl)cn1)N1C[C@@H](O)[C@@H](O)C1. The summed E-state index contributed by atoms with van der Waals surface area (Å²) in [5.41, 5.74) is 0.255. The van der Waals surface area contributed by atoms with Gasteiger partial charge in [0, 0.05) is 19.3 Å². The minimum atomic E-state index is -0.878. The molecule has 0 unspecified atom stereocenters. The van der Waals surface area contributed by atoms with Crippen LogP contribution in [-0.4, -0.2) is 51.3 Å². The van der Waals surface area contributed by atoms with Crippen molar-refractivity contribution < 1.29 is 15.0 Å². The van der Waals surface area contributed by atoms with E-state index in [1.54, 1.807) is 6.07 Å². The van der Waals surface area contributed by atoms with Crippen LogP contribution in [0, 0.1) is 0 Å². The van der Waals surface area contributed by atoms with Gasteiger partial charge in [-0.05, 0) is 12.1 Å². The average Bonchev–Trinajstić information content (AvgIpc) is 2.59. The first-order valence-corrected chi connectivity index (χ1v) is 5.22. The van der Waals surface area contributed by atoms with Gasteiger partial charge in [0.25, 0.3) is 5.91 Å². The maximum absolute atomic E-state index is 11.8. The summed E-state index contributed by atoms with van der Waals surface area (Å²) in [4.78, 5) is 17.1. The van der Waals surface area contributed by atoms with Crippen LogP contribution in [0.1, 0.15) is 10.5 Å². The molecule has 1 aromatic heterocycles. The summed E-state index contributed by atoms with van der Waals surface area (Å²) in [6.45, 7) is 0.259. The molecule has 1 aromatic rings. The van der Waals surface area contributed by atoms with Gasteiger partial charge >= 0.3 is 0 Å². The number of nitrogens with zero attached hydrogens (tertiary/aromatic N) is 2. The maximum atomic E-state index is 11.8. The molecular formula is C10H11ClN2O3. The molecule has 2 heterocycles. The Kier molecular flexibility index (Phi) is 3.09. The van der Waals surface area contributed by atoms with Crippen LogP contribution in [0.3, 0.4) is 0 Å². The highest BCUT2D eigenvalue weighted by molar-refractivity contribution is 6.30. The lowest BCUT2D eigenvalue weighted by Crippen LogP contribution is -2.30. The first kappa shape index (κ1) is 11.3. The van der Waals surface area contributed by atoms with Gasteiger partial charge in [0.2, 0.25) is 0 Å². The summed E-state index contributed by atoms with van der Waals surface area (Å²) in [7, 11) is 0. The summed E-state index contributed by atoms with van der Waals surface area (Å²) in [6, 6.07) is 3.09. The van der Waals surface area contributed by atoms with Crippen molar-refractivity contribution >= 4 is 17.5 Å². The van der Waals surface area contributed by atoms with E-state index in [1.807, 2.05) is 0 Å². The van der Waals surface area contributed by atoms with Gasteiger partial charge in [0.15, 0.2) is 0 Å². The van der Waals surface area contributed by atoms with Crippen LogP contribution in [0.2, 0.25) is 5.02 Å². The Balaban J connectivity index is 2.11. The van der Waals surface area contributed by atoms with Gasteiger partial charge in [-0.2, -0.15) is 0 Å². The Labute approximate surface area is 97.3 Å². The fourth-order valence-corrected chi connectivity index (χ4v) is 1.71. The van der Waals surface area contributed by atoms with Crippen molar-refractivity contribution in [2.24, 2.45) is 0 Å². The number of carbonyl (C=O) groups excluding carboxylic acids is 1. The zero-order valence-corrected chi connectivity index (χ0v) is 9.13. The molecule has 2 N–H and O–H groups in total. The first-order chi connectivity index (χ1) is 7.58. The van der Waals surface area contributed by atoms with Crippen molar-refractivity contribution in [1.29, 1.82) is 0 Å². The second-order valence-electron chi connectivity index (χ2n) is 3.71. The standard InChI is InChI=1S/C10H11ClN2O3/c11-6-1-2-7(12-3-6)10(16)13-4-8(14)9(15)5-13/h1-3,8-9,14-15H,4-5H2/t8-,9+. The van der Waals surface area contributed by atoms with Crippen molar-refractivity contribution in [3.8, 4) is 0 Å². The summed E-state index contributed by atoms with van der Waals surface area (Å²) in [5, 5.41) is 19.1. The molecule has 1 aliphatic heterocycles. The number of halogens is 1. The van der Waals surface area contributed by atoms with E-state index in [0.717, 1.165) is 0 Å². The monoisotopic (exact) mass is 242 g/mol. The summed E-state index contributed by atoms with van der Waals surface area (Å²) in [6.07, 6.45) is -0.370. The van der Waals surface area contributed by atoms with E-state index in [-0.39, 0.29) is 24.7 Å². The van der Waals surface area contributed by atoms with Gasteiger partial charge in [0.05, 0.1) is 17.2 Å². The predicted octanol–water partition coefficient (Wildman–Crippen LogP) is -0.0874. The quantitative estimate of drug-likeness (QED) is 0.722. The molecule has 6 heteroatoms. The molecular weight excluding hydrogens is 232 g/mol. The highest BCUT2D eigenvalue weighted by Crippen LogP contribution is 2.14. The van der Waals surface area contributed by atoms with E-state index in [1.165, 1.54) is 17.2 Å². The largest absolute Gasteiger partial charge is 0.388 e. The van der Waals surface area contributed by atoms with Gasteiger partial charge in [-0.15, -0.1) is 0 Å². The lowest BCUT2D eigenvalue weighted by atomic mass is 10.3. The van der Waals surface area contributed by atoms with Crippen LogP contribution in [-0.2, 0) is 0 Å². The molecule has 0 radical (unpaired) electrons. The lowest BCUT2D eigenvalue weighted by molar-refractivity contribution is 0.0572. The molecule has 0 spiro atoms. The third-order valence-corrected chi connectivity index (χ3v) is 2.72. The normalized spacial score (nSPS) is 24.8. The van der Waals surface area contributed by atoms with Crippen molar-refractivity contribution in [1.82, 2.24) is 9.88 Å². The molecule has 1 saturated heterocycles. The number of rotatable bonds is 1. The number of amides is 1. The van der Waals surface area contributed by atoms with Crippen LogP contribution in [0.5, 0.6) is 0 Å². The highest BCUT2D eigenvalue weighted by atomic mass is 35.5. The molecule has 1 fully saturated rings. The molecule has 2 rings (SSSR count). The van der Waals surface area contributed by atoms with Crippen molar-refractivity contribution in [3.05, 3.63) is 29.0 Å². The van der Waals surface area contributed by atoms with Crippen molar-refractivity contribution in [2.75, 3.05) is 13.1 Å². The molecule has 0 saturated carbocycles. The Morgan fingerprint density at radius 1 is 1.38 bits per heavy atom. The van der Waals surface area contributed by atoms with Crippen LogP contribution in [0.25, 0.3) is 0 Å². The van der Waals surface area contributed by atoms with Gasteiger partial charge in [-0.3, -0.25) is 4.79 Å². The second kappa shape index (κ2) is 4.37. The second-order valence-corrected chi connectivity index (χ2v) is 4.14. The lowest BCUT2D eigenvalue weighted by Gasteiger charge is -2.14. The van der Waals surface area contributed by atoms with E-state index < -0.39 is 12.2 Å². The molecule has 5 nitrogen and oxygen atoms in total. The zero-order valence-electron chi connectivity index (χ0n) is 8.38. The number of hydrogen-bond donors (Lipinski definition) is 2. The van der Waals surface area contributed by atoms with E-state index in [4.69, 9.17) is 11.6 Å². The number of aromatic nitrogens is 1. The molecule has 2 atom stereocenters. The van der Waals surface area contributed by atoms with Gasteiger partial charge in [-0.25, -0.2) is 4.98 Å². The third-order valence-electron chi connectivity index (χ3n) is 2.49. The minimum Gasteiger partial charge on any atom is -0.388 e. The number of β-amino-alcohol motifs (C(OH)–C–C–N with tert-alkyl or cyclic N) is 2. The number of likely N-dealkylation sites (tertiary alicyclic amines) is 1. The van der Waals surface area contributed by atoms with E-state index >= 15 is 0 Å². The van der Waals surface area contributed by atoms with Gasteiger partial charge in [-0.1, -0.05) is 11.6 Å². The Bertz CT molecular complexity index is 386. The summed E-state index contributed by atoms with van der Waals surface area (Å²) < 4.78 is 0. The Morgan fingerprint density at radius 3 is 2.50 bits per heavy atom. The first-order valence-electron chi connectivity index (χ1n) is 4.85. The molecule has 1 amide bonds. The molecule has 16 heavy (non-hydrogen) atoms. The number of aliphatic hydroxyl groups excluding tert-OH is 2. The Morgan fingerprint density at radius 2 is 2.00 bits per heavy atom. The number of pyridine rings is 1. The average molecular weight is 243 g/mol. The summed E-state index contributed by atoms with van der Waals surface area (Å²) >= 11 is 5.65. The zero-order chi connectivity index (χ0) is 11.7. The molecule has 1 aliphatic rings. The fourth-order valence-electron chi connectivity index (χ4n) is 1.60. The fraction of sp³-hybridized carbons (Fsp3) is 0.400. The number of hydrogen-bond acceptors (Lipinski definition) is 4. The van der Waals surface area contributed by atoms with Crippen molar-refractivity contribution in [2.45, 2.75) is 12.2 Å². The maximum Gasteiger partial charge on any atom is 0.272 e. The van der Waals surface area contributed by atoms with Crippen LogP contribution in [0.15, 0.2) is 18.3 Å². The van der Waals surface area contributed by atoms with Crippen molar-refractivity contribution in [3.63, 3.8) is 0 Å². The topological polar surface area (TPSA) is 73.7 Å². The third kappa shape index (κ3) is 2.16. The minimum absolute atomic E-state index is 0.129. The Hall–Kier alpha value is -1.17. The van der Waals surface area contributed by atoms with Gasteiger partial charge < -0.3 is 15.1 Å². The molecule has 0 bridgehead atoms. The van der Waals surface area contributed by atoms with E-state index in [2.05, 4.69) is 4.98 Å². The van der Waals surface area contributed by atoms with Crippen LogP contribution in [0.4, 0.5) is 0 Å². The van der Waals surface area contributed by atoms with E-state index in [9.17, 15) is 15.0 Å².